The van der Waals surface area contributed by atoms with Crippen molar-refractivity contribution in [2.45, 2.75) is 70.6 Å². The number of unbranched alkanes of at least 4 members (excludes halogenated alkanes) is 4. The third-order valence-corrected chi connectivity index (χ3v) is 7.07. The van der Waals surface area contributed by atoms with E-state index in [0.717, 1.165) is 30.9 Å². The molecule has 1 aromatic rings. The molecular weight excluding hydrogens is 550 g/mol. The van der Waals surface area contributed by atoms with Gasteiger partial charge in [-0.1, -0.05) is 50.6 Å². The Morgan fingerprint density at radius 2 is 1.56 bits per heavy atom. The van der Waals surface area contributed by atoms with E-state index in [9.17, 15) is 18.4 Å². The van der Waals surface area contributed by atoms with Crippen molar-refractivity contribution in [3.63, 3.8) is 0 Å². The van der Waals surface area contributed by atoms with Gasteiger partial charge in [-0.05, 0) is 67.0 Å². The van der Waals surface area contributed by atoms with E-state index < -0.39 is 23.6 Å². The molecule has 2 aliphatic rings. The standard InChI is InChI=1S/C35H34F2N2O4/c1-24(20-32(36)25(2)28-14-10-26(22-38)11-15-28)42-34(40)8-6-4-3-5-7-9-35(41)43-30-18-19-31(33(37)21-30)29-16-12-27(23-39)13-17-29/h10-12,14-16,20-21H,1-9,13,17-19H2/b32-20+. The number of halogens is 2. The van der Waals surface area contributed by atoms with Crippen molar-refractivity contribution in [3.05, 3.63) is 113 Å². The quantitative estimate of drug-likeness (QED) is 0.0937. The zero-order valence-electron chi connectivity index (χ0n) is 24.1. The monoisotopic (exact) mass is 584 g/mol. The second kappa shape index (κ2) is 16.6. The minimum Gasteiger partial charge on any atom is -0.431 e. The van der Waals surface area contributed by atoms with Gasteiger partial charge in [0, 0.05) is 42.6 Å². The van der Waals surface area contributed by atoms with Crippen LogP contribution in [-0.4, -0.2) is 11.9 Å². The van der Waals surface area contributed by atoms with Crippen molar-refractivity contribution in [1.82, 2.24) is 0 Å². The van der Waals surface area contributed by atoms with Crippen molar-refractivity contribution >= 4 is 17.5 Å². The van der Waals surface area contributed by atoms with Crippen LogP contribution >= 0.6 is 0 Å². The molecule has 0 saturated heterocycles. The van der Waals surface area contributed by atoms with Crippen LogP contribution in [0.4, 0.5) is 8.78 Å². The number of esters is 2. The largest absolute Gasteiger partial charge is 0.431 e. The van der Waals surface area contributed by atoms with Gasteiger partial charge in [0.05, 0.1) is 17.7 Å². The smallest absolute Gasteiger partial charge is 0.311 e. The number of rotatable bonds is 14. The summed E-state index contributed by atoms with van der Waals surface area (Å²) >= 11 is 0. The predicted molar refractivity (Wildman–Crippen MR) is 159 cm³/mol. The van der Waals surface area contributed by atoms with Gasteiger partial charge < -0.3 is 9.47 Å². The summed E-state index contributed by atoms with van der Waals surface area (Å²) in [4.78, 5) is 24.3. The molecule has 6 nitrogen and oxygen atoms in total. The van der Waals surface area contributed by atoms with E-state index in [0.29, 0.717) is 66.6 Å². The minimum atomic E-state index is -0.696. The van der Waals surface area contributed by atoms with E-state index in [2.05, 4.69) is 19.2 Å². The van der Waals surface area contributed by atoms with Gasteiger partial charge in [-0.3, -0.25) is 9.59 Å². The highest BCUT2D eigenvalue weighted by molar-refractivity contribution is 5.76. The first-order chi connectivity index (χ1) is 20.7. The molecule has 0 fully saturated rings. The van der Waals surface area contributed by atoms with Gasteiger partial charge in [-0.25, -0.2) is 8.78 Å². The van der Waals surface area contributed by atoms with Crippen LogP contribution in [-0.2, 0) is 19.1 Å². The molecule has 0 unspecified atom stereocenters. The van der Waals surface area contributed by atoms with Gasteiger partial charge in [-0.2, -0.15) is 10.5 Å². The molecule has 0 aromatic heterocycles. The highest BCUT2D eigenvalue weighted by Crippen LogP contribution is 2.35. The summed E-state index contributed by atoms with van der Waals surface area (Å²) in [6.07, 6.45) is 11.8. The first kappa shape index (κ1) is 32.7. The van der Waals surface area contributed by atoms with Crippen LogP contribution in [0.25, 0.3) is 5.57 Å². The van der Waals surface area contributed by atoms with Crippen molar-refractivity contribution in [3.8, 4) is 12.1 Å². The summed E-state index contributed by atoms with van der Waals surface area (Å²) in [5.74, 6) is -1.82. The lowest BCUT2D eigenvalue weighted by atomic mass is 9.88. The van der Waals surface area contributed by atoms with Crippen molar-refractivity contribution in [1.29, 1.82) is 10.5 Å². The molecule has 0 amide bonds. The van der Waals surface area contributed by atoms with Crippen LogP contribution in [0.2, 0.25) is 0 Å². The fourth-order valence-electron chi connectivity index (χ4n) is 4.65. The zero-order valence-corrected chi connectivity index (χ0v) is 24.1. The number of hydrogen-bond donors (Lipinski definition) is 0. The molecule has 0 aliphatic heterocycles. The first-order valence-electron chi connectivity index (χ1n) is 14.3. The van der Waals surface area contributed by atoms with Crippen molar-refractivity contribution < 1.29 is 27.8 Å². The second-order valence-electron chi connectivity index (χ2n) is 10.3. The lowest BCUT2D eigenvalue weighted by Gasteiger charge is -2.20. The molecule has 1 aromatic carbocycles. The summed E-state index contributed by atoms with van der Waals surface area (Å²) in [5, 5.41) is 17.8. The van der Waals surface area contributed by atoms with Crippen LogP contribution in [0.15, 0.2) is 102 Å². The van der Waals surface area contributed by atoms with Gasteiger partial charge in [-0.15, -0.1) is 0 Å². The van der Waals surface area contributed by atoms with Crippen LogP contribution in [0.1, 0.15) is 81.8 Å². The summed E-state index contributed by atoms with van der Waals surface area (Å²) in [5.41, 5.74) is 3.19. The summed E-state index contributed by atoms with van der Waals surface area (Å²) in [7, 11) is 0. The third-order valence-electron chi connectivity index (χ3n) is 7.07. The Morgan fingerprint density at radius 3 is 2.16 bits per heavy atom. The Bertz CT molecular complexity index is 1500. The third kappa shape index (κ3) is 10.5. The van der Waals surface area contributed by atoms with Crippen LogP contribution in [0, 0.1) is 22.7 Å². The molecule has 0 radical (unpaired) electrons. The topological polar surface area (TPSA) is 100 Å². The number of carbonyl (C=O) groups excluding carboxylic acids is 2. The molecule has 43 heavy (non-hydrogen) atoms. The number of benzene rings is 1. The molecule has 2 aliphatic carbocycles. The number of carbonyl (C=O) groups is 2. The highest BCUT2D eigenvalue weighted by Gasteiger charge is 2.20. The maximum Gasteiger partial charge on any atom is 0.311 e. The molecule has 0 N–H and O–H groups in total. The van der Waals surface area contributed by atoms with E-state index in [-0.39, 0.29) is 24.2 Å². The number of nitrogens with zero attached hydrogens (tertiary/aromatic N) is 2. The Hall–Kier alpha value is -4.82. The average molecular weight is 585 g/mol. The number of ether oxygens (including phenoxy) is 2. The minimum absolute atomic E-state index is 0.0844. The molecule has 8 heteroatoms. The van der Waals surface area contributed by atoms with Crippen LogP contribution in [0.5, 0.6) is 0 Å². The molecule has 0 atom stereocenters. The summed E-state index contributed by atoms with van der Waals surface area (Å²) < 4.78 is 39.6. The van der Waals surface area contributed by atoms with Crippen LogP contribution in [0.3, 0.4) is 0 Å². The van der Waals surface area contributed by atoms with Gasteiger partial charge in [0.1, 0.15) is 23.2 Å². The first-order valence-corrected chi connectivity index (χ1v) is 14.3. The predicted octanol–water partition coefficient (Wildman–Crippen LogP) is 8.83. The molecular formula is C35H34F2N2O4. The number of allylic oxidation sites excluding steroid dienone is 11. The zero-order chi connectivity index (χ0) is 31.2. The summed E-state index contributed by atoms with van der Waals surface area (Å²) in [6, 6.07) is 10.4. The molecule has 0 saturated carbocycles. The lowest BCUT2D eigenvalue weighted by Crippen LogP contribution is -2.09. The van der Waals surface area contributed by atoms with E-state index in [4.69, 9.17) is 20.0 Å². The summed E-state index contributed by atoms with van der Waals surface area (Å²) in [6.45, 7) is 7.27. The fourth-order valence-corrected chi connectivity index (χ4v) is 4.65. The molecule has 3 rings (SSSR count). The molecule has 0 bridgehead atoms. The Kier molecular flexibility index (Phi) is 12.6. The average Bonchev–Trinajstić information content (AvgIpc) is 3.00. The van der Waals surface area contributed by atoms with Gasteiger partial charge >= 0.3 is 11.9 Å². The maximum absolute atomic E-state index is 14.7. The van der Waals surface area contributed by atoms with E-state index in [1.165, 1.54) is 6.08 Å². The number of nitriles is 2. The molecule has 0 spiro atoms. The Labute approximate surface area is 251 Å². The normalized spacial score (nSPS) is 14.9. The van der Waals surface area contributed by atoms with E-state index in [1.807, 2.05) is 6.07 Å². The van der Waals surface area contributed by atoms with E-state index >= 15 is 0 Å². The number of hydrogen-bond acceptors (Lipinski definition) is 6. The van der Waals surface area contributed by atoms with Crippen LogP contribution < -0.4 is 0 Å². The van der Waals surface area contributed by atoms with Crippen molar-refractivity contribution in [2.24, 2.45) is 0 Å². The Balaban J connectivity index is 1.28. The Morgan fingerprint density at radius 1 is 0.884 bits per heavy atom. The maximum atomic E-state index is 14.7. The fraction of sp³-hybridized carbons (Fsp3) is 0.314. The lowest BCUT2D eigenvalue weighted by molar-refractivity contribution is -0.140. The van der Waals surface area contributed by atoms with E-state index in [1.54, 1.807) is 36.4 Å². The van der Waals surface area contributed by atoms with Gasteiger partial charge in [0.25, 0.3) is 0 Å². The highest BCUT2D eigenvalue weighted by atomic mass is 19.1. The van der Waals surface area contributed by atoms with Gasteiger partial charge in [0.15, 0.2) is 0 Å². The van der Waals surface area contributed by atoms with Gasteiger partial charge in [0.2, 0.25) is 0 Å². The second-order valence-corrected chi connectivity index (χ2v) is 10.3. The molecule has 0 heterocycles. The van der Waals surface area contributed by atoms with Crippen molar-refractivity contribution in [2.75, 3.05) is 0 Å². The molecule has 222 valence electrons. The SMILES string of the molecule is C=C(/C=C(/F)C(=C)c1ccc(C#N)cc1)OC(=O)CCCCCCCC(=O)OC1=CC(F)=C(C2=CC=C(C#N)CC2)CC1.